The molecule has 2 saturated heterocycles. The normalized spacial score (nSPS) is 21.8. The second-order valence-electron chi connectivity index (χ2n) is 17.4. The zero-order valence-corrected chi connectivity index (χ0v) is 36.8. The maximum Gasteiger partial charge on any atom is 0.293 e. The molecule has 1 atom stereocenters. The van der Waals surface area contributed by atoms with Crippen LogP contribution in [0.3, 0.4) is 0 Å². The van der Waals surface area contributed by atoms with E-state index in [9.17, 15) is 24.0 Å². The van der Waals surface area contributed by atoms with Crippen molar-refractivity contribution in [3.8, 4) is 5.75 Å². The molecular weight excluding hydrogens is 845 g/mol. The van der Waals surface area contributed by atoms with Gasteiger partial charge in [0.15, 0.2) is 18.2 Å². The summed E-state index contributed by atoms with van der Waals surface area (Å²) in [6, 6.07) is 10.1. The second-order valence-corrected chi connectivity index (χ2v) is 17.8. The number of ether oxygens (including phenoxy) is 2. The van der Waals surface area contributed by atoms with E-state index in [0.29, 0.717) is 52.6 Å². The van der Waals surface area contributed by atoms with Crippen LogP contribution in [0, 0.1) is 5.82 Å². The van der Waals surface area contributed by atoms with Crippen LogP contribution in [-0.4, -0.2) is 112 Å². The quantitative estimate of drug-likeness (QED) is 0.161. The van der Waals surface area contributed by atoms with Crippen molar-refractivity contribution < 1.29 is 33.0 Å². The average Bonchev–Trinajstić information content (AvgIpc) is 3.61. The number of likely N-dealkylation sites (N-methyl/N-ethyl adjacent to an activating group) is 1. The van der Waals surface area contributed by atoms with Crippen molar-refractivity contribution in [2.24, 2.45) is 0 Å². The van der Waals surface area contributed by atoms with Crippen molar-refractivity contribution in [1.82, 2.24) is 35.0 Å². The maximum absolute atomic E-state index is 16.0. The van der Waals surface area contributed by atoms with Gasteiger partial charge in [0.1, 0.15) is 16.9 Å². The van der Waals surface area contributed by atoms with Crippen LogP contribution in [0.15, 0.2) is 53.5 Å². The molecule has 1 unspecified atom stereocenters. The van der Waals surface area contributed by atoms with Crippen LogP contribution in [-0.2, 0) is 25.7 Å². The Kier molecular flexibility index (Phi) is 12.1. The van der Waals surface area contributed by atoms with Gasteiger partial charge in [-0.05, 0) is 88.3 Å². The molecule has 3 N–H and O–H groups in total. The highest BCUT2D eigenvalue weighted by Crippen LogP contribution is 2.38. The standard InChI is InChI=1S/C46H51ClFN9O7/c1-25(2)57-36-7-4-28(18-27(36)19-38(45(57)62)63-24-40(59)49-3)51-42-35(47)22-50-46(53-42)55-16-12-30(13-17-55)64-31-20-29(21-31)54-14-10-26(11-15-54)32-5-6-33-34(41(32)48)23-56(44(33)61)37-8-9-39(58)52-43(37)60/h4-7,10,18-19,22,25,29-31,37H,8-9,11-17,20-21,23-24H2,1-3H3,(H,49,59)(H,50,51,53)(H,52,58,60)/t29-,31-,37?. The number of halogens is 2. The number of fused-ring (bicyclic) bond motifs is 2. The van der Waals surface area contributed by atoms with Gasteiger partial charge in [-0.15, -0.1) is 0 Å². The summed E-state index contributed by atoms with van der Waals surface area (Å²) in [6.07, 6.45) is 8.62. The molecule has 2 aromatic carbocycles. The monoisotopic (exact) mass is 895 g/mol. The summed E-state index contributed by atoms with van der Waals surface area (Å²) >= 11 is 6.59. The van der Waals surface area contributed by atoms with Crippen molar-refractivity contribution in [2.45, 2.75) is 95.7 Å². The highest BCUT2D eigenvalue weighted by molar-refractivity contribution is 6.33. The van der Waals surface area contributed by atoms with Crippen molar-refractivity contribution in [3.05, 3.63) is 86.6 Å². The van der Waals surface area contributed by atoms with Gasteiger partial charge in [-0.1, -0.05) is 23.7 Å². The molecule has 336 valence electrons. The molecule has 0 bridgehead atoms. The molecule has 16 nitrogen and oxygen atoms in total. The van der Waals surface area contributed by atoms with Crippen LogP contribution in [0.4, 0.5) is 21.8 Å². The molecule has 64 heavy (non-hydrogen) atoms. The molecule has 18 heteroatoms. The highest BCUT2D eigenvalue weighted by atomic mass is 35.5. The van der Waals surface area contributed by atoms with E-state index in [1.807, 2.05) is 32.0 Å². The predicted octanol–water partition coefficient (Wildman–Crippen LogP) is 5.10. The zero-order chi connectivity index (χ0) is 44.8. The highest BCUT2D eigenvalue weighted by Gasteiger charge is 2.41. The zero-order valence-electron chi connectivity index (χ0n) is 36.0. The number of aromatic nitrogens is 3. The van der Waals surface area contributed by atoms with Crippen LogP contribution < -0.4 is 31.1 Å². The van der Waals surface area contributed by atoms with Crippen LogP contribution in [0.1, 0.15) is 86.3 Å². The van der Waals surface area contributed by atoms with Crippen molar-refractivity contribution in [2.75, 3.05) is 50.1 Å². The number of amides is 4. The third-order valence-electron chi connectivity index (χ3n) is 13.1. The Hall–Kier alpha value is -5.91. The van der Waals surface area contributed by atoms with E-state index in [-0.39, 0.29) is 78.8 Å². The smallest absolute Gasteiger partial charge is 0.293 e. The molecule has 4 aliphatic heterocycles. The van der Waals surface area contributed by atoms with Gasteiger partial charge in [-0.2, -0.15) is 4.98 Å². The summed E-state index contributed by atoms with van der Waals surface area (Å²) < 4.78 is 29.8. The van der Waals surface area contributed by atoms with E-state index >= 15 is 4.39 Å². The number of piperidine rings is 2. The number of hydrogen-bond donors (Lipinski definition) is 3. The van der Waals surface area contributed by atoms with Gasteiger partial charge in [0.2, 0.25) is 17.8 Å². The fourth-order valence-electron chi connectivity index (χ4n) is 9.49. The number of hydrogen-bond acceptors (Lipinski definition) is 12. The van der Waals surface area contributed by atoms with Crippen LogP contribution >= 0.6 is 11.6 Å². The van der Waals surface area contributed by atoms with E-state index in [1.54, 1.807) is 29.0 Å². The Morgan fingerprint density at radius 2 is 1.78 bits per heavy atom. The molecule has 3 fully saturated rings. The number of nitrogens with zero attached hydrogens (tertiary/aromatic N) is 6. The Morgan fingerprint density at radius 3 is 2.50 bits per heavy atom. The molecule has 1 aliphatic carbocycles. The number of carbonyl (C=O) groups is 4. The largest absolute Gasteiger partial charge is 0.478 e. The van der Waals surface area contributed by atoms with Crippen LogP contribution in [0.2, 0.25) is 5.02 Å². The predicted molar refractivity (Wildman–Crippen MR) is 238 cm³/mol. The van der Waals surface area contributed by atoms with Crippen LogP contribution in [0.25, 0.3) is 16.5 Å². The number of carbonyl (C=O) groups excluding carboxylic acids is 4. The lowest BCUT2D eigenvalue weighted by atomic mass is 9.85. The third kappa shape index (κ3) is 8.55. The summed E-state index contributed by atoms with van der Waals surface area (Å²) in [6.45, 7) is 6.53. The first-order valence-electron chi connectivity index (χ1n) is 22.0. The minimum absolute atomic E-state index is 0.0107. The molecule has 0 spiro atoms. The number of nitrogens with one attached hydrogen (secondary N) is 3. The number of imide groups is 1. The summed E-state index contributed by atoms with van der Waals surface area (Å²) in [5, 5.41) is 9.21. The number of pyridine rings is 1. The molecule has 1 saturated carbocycles. The fraction of sp³-hybridized carbons (Fsp3) is 0.457. The van der Waals surface area contributed by atoms with E-state index in [2.05, 4.69) is 36.8 Å². The van der Waals surface area contributed by atoms with Crippen LogP contribution in [0.5, 0.6) is 5.75 Å². The minimum Gasteiger partial charge on any atom is -0.478 e. The molecule has 6 heterocycles. The van der Waals surface area contributed by atoms with E-state index in [4.69, 9.17) is 26.1 Å². The van der Waals surface area contributed by atoms with Crippen molar-refractivity contribution in [3.63, 3.8) is 0 Å². The van der Waals surface area contributed by atoms with Crippen molar-refractivity contribution in [1.29, 1.82) is 0 Å². The molecule has 9 rings (SSSR count). The SMILES string of the molecule is CNC(=O)COc1cc2cc(Nc3nc(N4CCC(O[C@H]5C[C@H](N6CC=C(c7ccc8c(c7F)CN(C7CCC(=O)NC7=O)C8=O)CC6)C5)CC4)ncc3Cl)ccc2n(C(C)C)c1=O. The molecule has 0 radical (unpaired) electrons. The molecule has 5 aliphatic rings. The van der Waals surface area contributed by atoms with Crippen molar-refractivity contribution >= 4 is 69.2 Å². The topological polar surface area (TPSA) is 180 Å². The van der Waals surface area contributed by atoms with Gasteiger partial charge in [0.25, 0.3) is 17.4 Å². The lowest BCUT2D eigenvalue weighted by Crippen LogP contribution is -2.52. The van der Waals surface area contributed by atoms with Gasteiger partial charge in [0, 0.05) is 79.5 Å². The van der Waals surface area contributed by atoms with Gasteiger partial charge in [-0.25, -0.2) is 9.37 Å². The molecule has 2 aromatic heterocycles. The Labute approximate surface area is 374 Å². The number of anilines is 3. The van der Waals surface area contributed by atoms with Gasteiger partial charge in [0.05, 0.1) is 30.5 Å². The lowest BCUT2D eigenvalue weighted by molar-refractivity contribution is -0.137. The Balaban J connectivity index is 0.760. The minimum atomic E-state index is -0.784. The first-order chi connectivity index (χ1) is 30.8. The summed E-state index contributed by atoms with van der Waals surface area (Å²) in [5.74, 6) is -0.905. The fourth-order valence-corrected chi connectivity index (χ4v) is 9.63. The van der Waals surface area contributed by atoms with Gasteiger partial charge < -0.3 is 34.5 Å². The first kappa shape index (κ1) is 43.3. The maximum atomic E-state index is 16.0. The molecule has 4 aromatic rings. The lowest BCUT2D eigenvalue weighted by Gasteiger charge is -2.45. The first-order valence-corrected chi connectivity index (χ1v) is 22.3. The molecular formula is C46H51ClFN9O7. The van der Waals surface area contributed by atoms with Gasteiger partial charge >= 0.3 is 0 Å². The van der Waals surface area contributed by atoms with E-state index < -0.39 is 17.8 Å². The third-order valence-corrected chi connectivity index (χ3v) is 13.4. The van der Waals surface area contributed by atoms with E-state index in [1.165, 1.54) is 11.9 Å². The average molecular weight is 896 g/mol. The summed E-state index contributed by atoms with van der Waals surface area (Å²) in [7, 11) is 1.51. The van der Waals surface area contributed by atoms with Gasteiger partial charge in [-0.3, -0.25) is 34.2 Å². The van der Waals surface area contributed by atoms with E-state index in [0.717, 1.165) is 61.8 Å². The number of rotatable bonds is 12. The Morgan fingerprint density at radius 1 is 1.00 bits per heavy atom. The summed E-state index contributed by atoms with van der Waals surface area (Å²) in [5.41, 5.74) is 3.12. The Bertz CT molecular complexity index is 2620. The summed E-state index contributed by atoms with van der Waals surface area (Å²) in [4.78, 5) is 77.6. The second kappa shape index (κ2) is 17.9. The molecule has 4 amide bonds. The number of benzene rings is 2.